The molecule has 20 heavy (non-hydrogen) atoms. The highest BCUT2D eigenvalue weighted by Crippen LogP contribution is 2.29. The van der Waals surface area contributed by atoms with Crippen LogP contribution in [0, 0.1) is 6.92 Å². The smallest absolute Gasteiger partial charge is 0.346 e. The number of nitrogens with zero attached hydrogens (tertiary/aromatic N) is 1. The average Bonchev–Trinajstić information content (AvgIpc) is 2.53. The van der Waals surface area contributed by atoms with Gasteiger partial charge in [-0.15, -0.1) is 0 Å². The molecule has 2 heterocycles. The van der Waals surface area contributed by atoms with Crippen LogP contribution in [-0.4, -0.2) is 38.7 Å². The minimum Gasteiger partial charge on any atom is -0.478 e. The first kappa shape index (κ1) is 14.6. The minimum absolute atomic E-state index is 0.0494. The first-order valence-corrected chi connectivity index (χ1v) is 7.15. The van der Waals surface area contributed by atoms with Gasteiger partial charge in [0, 0.05) is 12.2 Å². The Morgan fingerprint density at radius 1 is 1.40 bits per heavy atom. The second-order valence-corrected chi connectivity index (χ2v) is 5.74. The Kier molecular flexibility index (Phi) is 4.43. The number of aromatic nitrogens is 2. The maximum Gasteiger partial charge on any atom is 0.346 e. The predicted molar refractivity (Wildman–Crippen MR) is 73.1 cm³/mol. The number of hydrogen-bond acceptors (Lipinski definition) is 5. The molecule has 0 spiro atoms. The fourth-order valence-corrected chi connectivity index (χ4v) is 3.29. The molecule has 1 aliphatic heterocycles. The Morgan fingerprint density at radius 3 is 2.85 bits per heavy atom. The summed E-state index contributed by atoms with van der Waals surface area (Å²) in [5.41, 5.74) is -0.412. The number of aromatic amines is 1. The van der Waals surface area contributed by atoms with Crippen LogP contribution in [-0.2, 0) is 4.79 Å². The van der Waals surface area contributed by atoms with Gasteiger partial charge < -0.3 is 15.4 Å². The van der Waals surface area contributed by atoms with Gasteiger partial charge in [-0.05, 0) is 19.8 Å². The molecule has 0 radical (unpaired) electrons. The zero-order valence-corrected chi connectivity index (χ0v) is 11.7. The Balaban J connectivity index is 2.34. The first-order chi connectivity index (χ1) is 9.49. The number of carbonyl (C=O) groups is 2. The molecule has 2 rings (SSSR count). The molecule has 0 aliphatic carbocycles. The summed E-state index contributed by atoms with van der Waals surface area (Å²) in [7, 11) is 0. The van der Waals surface area contributed by atoms with Gasteiger partial charge in [-0.2, -0.15) is 4.98 Å². The molecule has 1 saturated heterocycles. The standard InChI is InChI=1S/C12H15N3O4S/c1-6-8(11(17)18)10(15-12(19)14-6)20-7-4-2-3-5-13-9(7)16/h7H,2-5H2,1H3,(H,13,16)(H,17,18)(H,14,15,19). The highest BCUT2D eigenvalue weighted by molar-refractivity contribution is 8.00. The van der Waals surface area contributed by atoms with Crippen LogP contribution in [0.4, 0.5) is 0 Å². The molecule has 1 unspecified atom stereocenters. The van der Waals surface area contributed by atoms with Crippen LogP contribution in [0.25, 0.3) is 0 Å². The third-order valence-electron chi connectivity index (χ3n) is 3.04. The fraction of sp³-hybridized carbons (Fsp3) is 0.500. The first-order valence-electron chi connectivity index (χ1n) is 6.27. The van der Waals surface area contributed by atoms with Gasteiger partial charge in [0.15, 0.2) is 0 Å². The lowest BCUT2D eigenvalue weighted by atomic mass is 10.2. The van der Waals surface area contributed by atoms with Crippen molar-refractivity contribution < 1.29 is 14.7 Å². The molecular formula is C12H15N3O4S. The monoisotopic (exact) mass is 297 g/mol. The van der Waals surface area contributed by atoms with Crippen molar-refractivity contribution in [3.05, 3.63) is 21.7 Å². The van der Waals surface area contributed by atoms with Gasteiger partial charge in [0.05, 0.1) is 5.25 Å². The van der Waals surface area contributed by atoms with E-state index in [0.29, 0.717) is 13.0 Å². The highest BCUT2D eigenvalue weighted by atomic mass is 32.2. The summed E-state index contributed by atoms with van der Waals surface area (Å²) >= 11 is 1.05. The van der Waals surface area contributed by atoms with E-state index in [1.165, 1.54) is 6.92 Å². The fourth-order valence-electron chi connectivity index (χ4n) is 2.05. The maximum atomic E-state index is 11.9. The van der Waals surface area contributed by atoms with Gasteiger partial charge in [-0.1, -0.05) is 18.2 Å². The molecule has 0 saturated carbocycles. The van der Waals surface area contributed by atoms with Crippen molar-refractivity contribution in [2.45, 2.75) is 36.5 Å². The summed E-state index contributed by atoms with van der Waals surface area (Å²) in [5.74, 6) is -1.30. The van der Waals surface area contributed by atoms with Crippen molar-refractivity contribution in [1.82, 2.24) is 15.3 Å². The van der Waals surface area contributed by atoms with Gasteiger partial charge >= 0.3 is 11.7 Å². The van der Waals surface area contributed by atoms with E-state index in [2.05, 4.69) is 15.3 Å². The number of aromatic carboxylic acids is 1. The largest absolute Gasteiger partial charge is 0.478 e. The number of nitrogens with one attached hydrogen (secondary N) is 2. The molecule has 0 aromatic carbocycles. The number of amides is 1. The minimum atomic E-state index is -1.16. The van der Waals surface area contributed by atoms with Crippen molar-refractivity contribution in [2.24, 2.45) is 0 Å². The lowest BCUT2D eigenvalue weighted by Gasteiger charge is -2.13. The lowest BCUT2D eigenvalue weighted by molar-refractivity contribution is -0.120. The van der Waals surface area contributed by atoms with E-state index in [1.807, 2.05) is 0 Å². The summed E-state index contributed by atoms with van der Waals surface area (Å²) in [6, 6.07) is 0. The number of carboxylic acids is 1. The van der Waals surface area contributed by atoms with Crippen LogP contribution in [0.3, 0.4) is 0 Å². The van der Waals surface area contributed by atoms with Crippen LogP contribution in [0.15, 0.2) is 9.82 Å². The van der Waals surface area contributed by atoms with E-state index >= 15 is 0 Å². The number of hydrogen-bond donors (Lipinski definition) is 3. The number of thioether (sulfide) groups is 1. The third-order valence-corrected chi connectivity index (χ3v) is 4.29. The summed E-state index contributed by atoms with van der Waals surface area (Å²) in [6.45, 7) is 2.13. The van der Waals surface area contributed by atoms with Gasteiger partial charge in [0.1, 0.15) is 10.6 Å². The van der Waals surface area contributed by atoms with E-state index in [-0.39, 0.29) is 22.2 Å². The maximum absolute atomic E-state index is 11.9. The Hall–Kier alpha value is -1.83. The molecule has 0 bridgehead atoms. The molecule has 1 fully saturated rings. The normalized spacial score (nSPS) is 19.2. The van der Waals surface area contributed by atoms with E-state index in [4.69, 9.17) is 0 Å². The van der Waals surface area contributed by atoms with Crippen LogP contribution in [0.2, 0.25) is 0 Å². The van der Waals surface area contributed by atoms with Crippen molar-refractivity contribution in [3.8, 4) is 0 Å². The van der Waals surface area contributed by atoms with Gasteiger partial charge in [-0.25, -0.2) is 9.59 Å². The summed E-state index contributed by atoms with van der Waals surface area (Å²) in [5, 5.41) is 11.7. The molecule has 8 heteroatoms. The summed E-state index contributed by atoms with van der Waals surface area (Å²) in [4.78, 5) is 40.6. The number of aryl methyl sites for hydroxylation is 1. The SMILES string of the molecule is Cc1[nH]c(=O)nc(SC2CCCCNC2=O)c1C(=O)O. The van der Waals surface area contributed by atoms with E-state index in [1.54, 1.807) is 0 Å². The van der Waals surface area contributed by atoms with Crippen molar-refractivity contribution in [2.75, 3.05) is 6.54 Å². The number of rotatable bonds is 3. The second kappa shape index (κ2) is 6.08. The number of carboxylic acid groups (broad SMARTS) is 1. The molecule has 1 amide bonds. The molecule has 108 valence electrons. The Morgan fingerprint density at radius 2 is 2.15 bits per heavy atom. The van der Waals surface area contributed by atoms with E-state index in [0.717, 1.165) is 24.6 Å². The molecule has 1 aromatic rings. The number of carbonyl (C=O) groups excluding carboxylic acids is 1. The second-order valence-electron chi connectivity index (χ2n) is 4.55. The van der Waals surface area contributed by atoms with Gasteiger partial charge in [0.25, 0.3) is 0 Å². The average molecular weight is 297 g/mol. The topological polar surface area (TPSA) is 112 Å². The van der Waals surface area contributed by atoms with E-state index < -0.39 is 16.9 Å². The summed E-state index contributed by atoms with van der Waals surface area (Å²) in [6.07, 6.45) is 2.42. The van der Waals surface area contributed by atoms with Crippen LogP contribution >= 0.6 is 11.8 Å². The molecule has 3 N–H and O–H groups in total. The van der Waals surface area contributed by atoms with Gasteiger partial charge in [-0.3, -0.25) is 4.79 Å². The quantitative estimate of drug-likeness (QED) is 0.702. The third kappa shape index (κ3) is 3.19. The molecule has 1 atom stereocenters. The lowest BCUT2D eigenvalue weighted by Crippen LogP contribution is -2.31. The van der Waals surface area contributed by atoms with Gasteiger partial charge in [0.2, 0.25) is 5.91 Å². The summed E-state index contributed by atoms with van der Waals surface area (Å²) < 4.78 is 0. The van der Waals surface area contributed by atoms with Crippen LogP contribution in [0.1, 0.15) is 35.3 Å². The molecule has 1 aliphatic rings. The van der Waals surface area contributed by atoms with Crippen molar-refractivity contribution >= 4 is 23.6 Å². The molecule has 1 aromatic heterocycles. The van der Waals surface area contributed by atoms with Crippen LogP contribution in [0.5, 0.6) is 0 Å². The van der Waals surface area contributed by atoms with Crippen LogP contribution < -0.4 is 11.0 Å². The van der Waals surface area contributed by atoms with Crippen molar-refractivity contribution in [3.63, 3.8) is 0 Å². The number of H-pyrrole nitrogens is 1. The Labute approximate surface area is 119 Å². The zero-order chi connectivity index (χ0) is 14.7. The Bertz CT molecular complexity index is 599. The molecule has 7 nitrogen and oxygen atoms in total. The molecular weight excluding hydrogens is 282 g/mol. The highest BCUT2D eigenvalue weighted by Gasteiger charge is 2.26. The zero-order valence-electron chi connectivity index (χ0n) is 10.9. The predicted octanol–water partition coefficient (Wildman–Crippen LogP) is 0.537. The van der Waals surface area contributed by atoms with Crippen molar-refractivity contribution in [1.29, 1.82) is 0 Å². The van der Waals surface area contributed by atoms with E-state index in [9.17, 15) is 19.5 Å².